The van der Waals surface area contributed by atoms with Gasteiger partial charge in [-0.15, -0.1) is 0 Å². The minimum atomic E-state index is -0.283. The van der Waals surface area contributed by atoms with Gasteiger partial charge >= 0.3 is 0 Å². The van der Waals surface area contributed by atoms with Crippen molar-refractivity contribution in [2.45, 2.75) is 97.9 Å². The molecule has 2 fully saturated rings. The highest BCUT2D eigenvalue weighted by Crippen LogP contribution is 2.26. The monoisotopic (exact) mass is 356 g/mol. The molecule has 0 aromatic heterocycles. The minimum absolute atomic E-state index is 0. The molecule has 0 heterocycles. The summed E-state index contributed by atoms with van der Waals surface area (Å²) in [5.41, 5.74) is 0. The van der Waals surface area contributed by atoms with Crippen molar-refractivity contribution in [3.63, 3.8) is 0 Å². The summed E-state index contributed by atoms with van der Waals surface area (Å²) in [5.74, 6) is 1.04. The fourth-order valence-electron chi connectivity index (χ4n) is 3.77. The van der Waals surface area contributed by atoms with Gasteiger partial charge in [-0.3, -0.25) is 4.79 Å². The van der Waals surface area contributed by atoms with Gasteiger partial charge in [0.2, 0.25) is 5.91 Å². The van der Waals surface area contributed by atoms with Crippen LogP contribution in [0.25, 0.3) is 0 Å². The van der Waals surface area contributed by atoms with E-state index in [0.29, 0.717) is 12.5 Å². The van der Waals surface area contributed by atoms with Crippen LogP contribution >= 0.6 is 0 Å². The van der Waals surface area contributed by atoms with Gasteiger partial charge in [0.05, 0.1) is 12.6 Å². The van der Waals surface area contributed by atoms with E-state index in [4.69, 9.17) is 0 Å². The normalized spacial score (nSPS) is 19.5. The molecule has 2 N–H and O–H groups in total. The van der Waals surface area contributed by atoms with E-state index >= 15 is 0 Å². The van der Waals surface area contributed by atoms with Crippen molar-refractivity contribution in [2.75, 3.05) is 13.1 Å². The lowest BCUT2D eigenvalue weighted by molar-refractivity contribution is -0.124. The number of nitrogens with one attached hydrogen (secondary N) is 2. The molecule has 2 saturated carbocycles. The first kappa shape index (κ1) is 24.1. The van der Waals surface area contributed by atoms with Crippen LogP contribution in [0.15, 0.2) is 0 Å². The van der Waals surface area contributed by atoms with E-state index < -0.39 is 0 Å². The van der Waals surface area contributed by atoms with Crippen LogP contribution in [-0.2, 0) is 9.59 Å². The predicted molar refractivity (Wildman–Crippen MR) is 109 cm³/mol. The molecule has 0 spiro atoms. The van der Waals surface area contributed by atoms with Crippen molar-refractivity contribution in [1.82, 2.24) is 10.6 Å². The predicted octanol–water partition coefficient (Wildman–Crippen LogP) is 4.72. The van der Waals surface area contributed by atoms with Gasteiger partial charge < -0.3 is 15.4 Å². The summed E-state index contributed by atoms with van der Waals surface area (Å²) in [7, 11) is 0. The summed E-state index contributed by atoms with van der Waals surface area (Å²) >= 11 is 0. The Labute approximate surface area is 157 Å². The van der Waals surface area contributed by atoms with Crippen molar-refractivity contribution in [3.8, 4) is 0 Å². The SMILES string of the molecule is CC.CC.O=C[C@@H](NC(=O)CNCC1CCCCC1)C1CCCCC1.[HH]. The molecule has 2 aliphatic carbocycles. The highest BCUT2D eigenvalue weighted by Gasteiger charge is 2.24. The molecule has 0 unspecified atom stereocenters. The number of rotatable bonds is 7. The van der Waals surface area contributed by atoms with E-state index in [-0.39, 0.29) is 13.4 Å². The van der Waals surface area contributed by atoms with Gasteiger partial charge in [0, 0.05) is 1.43 Å². The molecule has 0 aromatic rings. The molecule has 150 valence electrons. The summed E-state index contributed by atoms with van der Waals surface area (Å²) in [6.07, 6.45) is 13.3. The van der Waals surface area contributed by atoms with Crippen molar-refractivity contribution in [2.24, 2.45) is 11.8 Å². The van der Waals surface area contributed by atoms with Crippen LogP contribution in [-0.4, -0.2) is 31.3 Å². The maximum atomic E-state index is 12.0. The van der Waals surface area contributed by atoms with Gasteiger partial charge in [0.15, 0.2) is 0 Å². The zero-order valence-corrected chi connectivity index (χ0v) is 17.1. The second-order valence-corrected chi connectivity index (χ2v) is 6.76. The van der Waals surface area contributed by atoms with E-state index in [1.807, 2.05) is 27.7 Å². The van der Waals surface area contributed by atoms with E-state index in [2.05, 4.69) is 10.6 Å². The largest absolute Gasteiger partial charge is 0.345 e. The van der Waals surface area contributed by atoms with Crippen LogP contribution in [0.3, 0.4) is 0 Å². The zero-order chi connectivity index (χ0) is 18.9. The standard InChI is InChI=1S/C17H30N2O2.2C2H6.H2/c20-13-16(15-9-5-2-6-10-15)19-17(21)12-18-11-14-7-3-1-4-8-14;2*1-2;/h13-16,18H,1-12H2,(H,19,21);2*1-2H3;1H/t16-;;;/m1.../s1. The Hall–Kier alpha value is -0.900. The highest BCUT2D eigenvalue weighted by molar-refractivity contribution is 5.81. The molecule has 1 atom stereocenters. The molecular weight excluding hydrogens is 312 g/mol. The number of hydrogen-bond donors (Lipinski definition) is 2. The second-order valence-electron chi connectivity index (χ2n) is 6.76. The molecule has 0 saturated heterocycles. The maximum absolute atomic E-state index is 12.0. The van der Waals surface area contributed by atoms with Gasteiger partial charge in [-0.2, -0.15) is 0 Å². The summed E-state index contributed by atoms with van der Waals surface area (Å²) in [4.78, 5) is 23.2. The first-order valence-electron chi connectivity index (χ1n) is 10.7. The van der Waals surface area contributed by atoms with Crippen LogP contribution < -0.4 is 10.6 Å². The van der Waals surface area contributed by atoms with E-state index in [9.17, 15) is 9.59 Å². The second kappa shape index (κ2) is 16.6. The topological polar surface area (TPSA) is 58.2 Å². The zero-order valence-electron chi connectivity index (χ0n) is 17.1. The lowest BCUT2D eigenvalue weighted by atomic mass is 9.84. The Morgan fingerprint density at radius 3 is 2.00 bits per heavy atom. The molecule has 2 aliphatic rings. The Morgan fingerprint density at radius 1 is 0.960 bits per heavy atom. The van der Waals surface area contributed by atoms with Crippen molar-refractivity contribution in [3.05, 3.63) is 0 Å². The molecule has 1 amide bonds. The first-order chi connectivity index (χ1) is 12.3. The van der Waals surface area contributed by atoms with Gasteiger partial charge in [-0.05, 0) is 44.1 Å². The molecule has 2 rings (SSSR count). The third-order valence-electron chi connectivity index (χ3n) is 5.08. The highest BCUT2D eigenvalue weighted by atomic mass is 16.2. The quantitative estimate of drug-likeness (QED) is 0.649. The lowest BCUT2D eigenvalue weighted by Crippen LogP contribution is -2.46. The van der Waals surface area contributed by atoms with E-state index in [1.54, 1.807) is 0 Å². The van der Waals surface area contributed by atoms with Gasteiger partial charge in [-0.25, -0.2) is 0 Å². The molecule has 4 nitrogen and oxygen atoms in total. The third kappa shape index (κ3) is 10.6. The molecule has 25 heavy (non-hydrogen) atoms. The molecule has 0 radical (unpaired) electrons. The summed E-state index contributed by atoms with van der Waals surface area (Å²) < 4.78 is 0. The Kier molecular flexibility index (Phi) is 16.0. The average Bonchev–Trinajstić information content (AvgIpc) is 2.71. The summed E-state index contributed by atoms with van der Waals surface area (Å²) in [5, 5.41) is 6.16. The Balaban J connectivity index is 0. The Bertz CT molecular complexity index is 328. The lowest BCUT2D eigenvalue weighted by Gasteiger charge is -2.27. The smallest absolute Gasteiger partial charge is 0.234 e. The average molecular weight is 357 g/mol. The summed E-state index contributed by atoms with van der Waals surface area (Å²) in [6.45, 7) is 9.27. The fraction of sp³-hybridized carbons (Fsp3) is 0.905. The van der Waals surface area contributed by atoms with Gasteiger partial charge in [0.1, 0.15) is 6.29 Å². The number of carbonyl (C=O) groups excluding carboxylic acids is 2. The number of amides is 1. The van der Waals surface area contributed by atoms with Crippen molar-refractivity contribution in [1.29, 1.82) is 0 Å². The fourth-order valence-corrected chi connectivity index (χ4v) is 3.77. The van der Waals surface area contributed by atoms with Crippen LogP contribution in [0, 0.1) is 11.8 Å². The molecule has 0 aromatic carbocycles. The molecule has 4 heteroatoms. The minimum Gasteiger partial charge on any atom is -0.345 e. The van der Waals surface area contributed by atoms with Crippen LogP contribution in [0.1, 0.15) is 93.3 Å². The maximum Gasteiger partial charge on any atom is 0.234 e. The third-order valence-corrected chi connectivity index (χ3v) is 5.08. The van der Waals surface area contributed by atoms with Crippen LogP contribution in [0.2, 0.25) is 0 Å². The molecule has 0 bridgehead atoms. The van der Waals surface area contributed by atoms with E-state index in [0.717, 1.165) is 31.6 Å². The molecular formula is C21H44N2O2. The Morgan fingerprint density at radius 2 is 1.48 bits per heavy atom. The van der Waals surface area contributed by atoms with Crippen LogP contribution in [0.5, 0.6) is 0 Å². The van der Waals surface area contributed by atoms with Crippen molar-refractivity contribution >= 4 is 12.2 Å². The first-order valence-corrected chi connectivity index (χ1v) is 10.7. The van der Waals surface area contributed by atoms with Gasteiger partial charge in [-0.1, -0.05) is 66.2 Å². The van der Waals surface area contributed by atoms with Crippen molar-refractivity contribution < 1.29 is 11.0 Å². The number of hydrogen-bond acceptors (Lipinski definition) is 3. The summed E-state index contributed by atoms with van der Waals surface area (Å²) in [6, 6.07) is -0.283. The van der Waals surface area contributed by atoms with E-state index in [1.165, 1.54) is 51.4 Å². The number of carbonyl (C=O) groups is 2. The van der Waals surface area contributed by atoms with Crippen LogP contribution in [0.4, 0.5) is 0 Å². The number of aldehydes is 1. The van der Waals surface area contributed by atoms with Gasteiger partial charge in [0.25, 0.3) is 0 Å². The molecule has 0 aliphatic heterocycles.